The van der Waals surface area contributed by atoms with Crippen LogP contribution in [0.2, 0.25) is 0 Å². The van der Waals surface area contributed by atoms with Crippen molar-refractivity contribution in [3.05, 3.63) is 57.3 Å². The van der Waals surface area contributed by atoms with Gasteiger partial charge >= 0.3 is 5.82 Å². The number of nitrogens with zero attached hydrogens (tertiary/aromatic N) is 3. The largest absolute Gasteiger partial charge is 0.394 e. The third kappa shape index (κ3) is 2.84. The van der Waals surface area contributed by atoms with Crippen LogP contribution in [-0.2, 0) is 13.5 Å². The van der Waals surface area contributed by atoms with E-state index < -0.39 is 4.92 Å². The molecule has 0 saturated heterocycles. The van der Waals surface area contributed by atoms with Crippen molar-refractivity contribution in [1.82, 2.24) is 9.78 Å². The van der Waals surface area contributed by atoms with E-state index in [-0.39, 0.29) is 10.6 Å². The third-order valence-corrected chi connectivity index (χ3v) is 3.43. The lowest BCUT2D eigenvalue weighted by molar-refractivity contribution is -0.390. The first-order valence-corrected chi connectivity index (χ1v) is 6.80. The fourth-order valence-corrected chi connectivity index (χ4v) is 2.57. The summed E-state index contributed by atoms with van der Waals surface area (Å²) in [6, 6.07) is 9.86. The van der Waals surface area contributed by atoms with Gasteiger partial charge in [-0.3, -0.25) is 0 Å². The Morgan fingerprint density at radius 2 is 2.05 bits per heavy atom. The van der Waals surface area contributed by atoms with E-state index in [9.17, 15) is 10.1 Å². The van der Waals surface area contributed by atoms with Gasteiger partial charge in [-0.2, -0.15) is 4.68 Å². The van der Waals surface area contributed by atoms with Crippen molar-refractivity contribution in [2.24, 2.45) is 7.05 Å². The van der Waals surface area contributed by atoms with E-state index in [0.29, 0.717) is 12.0 Å². The van der Waals surface area contributed by atoms with E-state index in [2.05, 4.69) is 21.0 Å². The molecule has 1 atom stereocenters. The summed E-state index contributed by atoms with van der Waals surface area (Å²) >= 11 is 3.42. The minimum absolute atomic E-state index is 0.0715. The third-order valence-electron chi connectivity index (χ3n) is 2.97. The molecule has 2 aromatic rings. The van der Waals surface area contributed by atoms with Crippen LogP contribution in [0.3, 0.4) is 0 Å². The highest BCUT2D eigenvalue weighted by atomic mass is 79.9. The highest BCUT2D eigenvalue weighted by molar-refractivity contribution is 9.09. The van der Waals surface area contributed by atoms with E-state index in [1.807, 2.05) is 37.3 Å². The Balaban J connectivity index is 2.48. The Morgan fingerprint density at radius 1 is 1.42 bits per heavy atom. The number of alkyl halides is 1. The number of nitro groups is 1. The predicted octanol–water partition coefficient (Wildman–Crippen LogP) is 3.38. The second kappa shape index (κ2) is 5.52. The normalized spacial score (nSPS) is 12.4. The van der Waals surface area contributed by atoms with Gasteiger partial charge in [0.1, 0.15) is 0 Å². The van der Waals surface area contributed by atoms with E-state index in [1.54, 1.807) is 11.7 Å². The molecule has 0 bridgehead atoms. The summed E-state index contributed by atoms with van der Waals surface area (Å²) in [5.74, 6) is -0.0715. The van der Waals surface area contributed by atoms with Gasteiger partial charge in [-0.15, -0.1) is 0 Å². The number of hydrogen-bond donors (Lipinski definition) is 0. The van der Waals surface area contributed by atoms with Gasteiger partial charge in [0, 0.05) is 11.2 Å². The Labute approximate surface area is 119 Å². The number of halogens is 1. The summed E-state index contributed by atoms with van der Waals surface area (Å²) in [6.07, 6.45) is 0.628. The van der Waals surface area contributed by atoms with Gasteiger partial charge in [-0.25, -0.2) is 0 Å². The zero-order valence-corrected chi connectivity index (χ0v) is 12.3. The lowest BCUT2D eigenvalue weighted by atomic mass is 10.0. The van der Waals surface area contributed by atoms with E-state index in [4.69, 9.17) is 0 Å². The van der Waals surface area contributed by atoms with Crippen LogP contribution in [0, 0.1) is 10.1 Å². The molecular weight excluding hydrogens is 310 g/mol. The van der Waals surface area contributed by atoms with Crippen LogP contribution in [0.5, 0.6) is 0 Å². The van der Waals surface area contributed by atoms with Crippen LogP contribution in [0.15, 0.2) is 30.3 Å². The topological polar surface area (TPSA) is 61.0 Å². The molecule has 5 nitrogen and oxygen atoms in total. The van der Waals surface area contributed by atoms with Crippen molar-refractivity contribution in [2.45, 2.75) is 18.2 Å². The molecule has 1 aromatic carbocycles. The molecule has 0 amide bonds. The molecule has 1 heterocycles. The predicted molar refractivity (Wildman–Crippen MR) is 76.5 cm³/mol. The molecule has 0 aliphatic carbocycles. The van der Waals surface area contributed by atoms with Crippen molar-refractivity contribution in [3.63, 3.8) is 0 Å². The Hall–Kier alpha value is -1.69. The minimum Gasteiger partial charge on any atom is -0.358 e. The summed E-state index contributed by atoms with van der Waals surface area (Å²) < 4.78 is 1.60. The van der Waals surface area contributed by atoms with E-state index in [0.717, 1.165) is 11.3 Å². The second-order valence-electron chi connectivity index (χ2n) is 4.34. The lowest BCUT2D eigenvalue weighted by Gasteiger charge is -2.06. The summed E-state index contributed by atoms with van der Waals surface area (Å²) in [7, 11) is 1.74. The molecule has 0 aliphatic rings. The molecule has 1 aromatic heterocycles. The van der Waals surface area contributed by atoms with Gasteiger partial charge < -0.3 is 10.1 Å². The Bertz CT molecular complexity index is 593. The zero-order chi connectivity index (χ0) is 14.0. The van der Waals surface area contributed by atoms with Crippen LogP contribution in [0.25, 0.3) is 0 Å². The van der Waals surface area contributed by atoms with Crippen molar-refractivity contribution >= 4 is 21.7 Å². The number of rotatable bonds is 4. The van der Waals surface area contributed by atoms with Crippen molar-refractivity contribution < 1.29 is 4.92 Å². The smallest absolute Gasteiger partial charge is 0.358 e. The van der Waals surface area contributed by atoms with Crippen LogP contribution >= 0.6 is 15.9 Å². The number of hydrogen-bond acceptors (Lipinski definition) is 3. The first-order chi connectivity index (χ1) is 9.00. The average molecular weight is 324 g/mol. The molecule has 0 radical (unpaired) electrons. The average Bonchev–Trinajstić information content (AvgIpc) is 2.68. The van der Waals surface area contributed by atoms with Gasteiger partial charge in [-0.05, 0) is 17.4 Å². The molecule has 1 unspecified atom stereocenters. The maximum Gasteiger partial charge on any atom is 0.394 e. The summed E-state index contributed by atoms with van der Waals surface area (Å²) in [5, 5.41) is 15.1. The highest BCUT2D eigenvalue weighted by Crippen LogP contribution is 2.33. The fraction of sp³-hybridized carbons (Fsp3) is 0.308. The molecule has 0 N–H and O–H groups in total. The van der Waals surface area contributed by atoms with Crippen molar-refractivity contribution in [2.75, 3.05) is 0 Å². The molecule has 0 aliphatic heterocycles. The molecule has 19 heavy (non-hydrogen) atoms. The highest BCUT2D eigenvalue weighted by Gasteiger charge is 2.28. The number of aromatic nitrogens is 2. The van der Waals surface area contributed by atoms with Crippen LogP contribution in [0.4, 0.5) is 5.82 Å². The second-order valence-corrected chi connectivity index (χ2v) is 5.72. The fourth-order valence-electron chi connectivity index (χ4n) is 2.10. The van der Waals surface area contributed by atoms with Gasteiger partial charge in [0.15, 0.2) is 0 Å². The molecule has 0 saturated carbocycles. The number of benzene rings is 1. The summed E-state index contributed by atoms with van der Waals surface area (Å²) in [5.41, 5.74) is 2.62. The molecule has 0 fully saturated rings. The summed E-state index contributed by atoms with van der Waals surface area (Å²) in [4.78, 5) is 10.5. The standard InChI is InChI=1S/C13H14BrN3O2/c1-9(14)12-11(8-10-6-4-3-5-7-10)16(2)15-13(12)17(18)19/h3-7,9H,8H2,1-2H3. The van der Waals surface area contributed by atoms with E-state index in [1.165, 1.54) is 0 Å². The number of aryl methyl sites for hydroxylation is 1. The molecule has 6 heteroatoms. The first-order valence-electron chi connectivity index (χ1n) is 5.89. The molecule has 100 valence electrons. The van der Waals surface area contributed by atoms with E-state index >= 15 is 0 Å². The summed E-state index contributed by atoms with van der Waals surface area (Å²) in [6.45, 7) is 1.87. The Morgan fingerprint density at radius 3 is 2.58 bits per heavy atom. The molecular formula is C13H14BrN3O2. The Kier molecular flexibility index (Phi) is 3.99. The molecule has 2 rings (SSSR count). The minimum atomic E-state index is -0.429. The SMILES string of the molecule is CC(Br)c1c([N+](=O)[O-])nn(C)c1Cc1ccccc1. The van der Waals surface area contributed by atoms with Crippen LogP contribution < -0.4 is 0 Å². The molecule has 0 spiro atoms. The van der Waals surface area contributed by atoms with Gasteiger partial charge in [-0.1, -0.05) is 46.3 Å². The van der Waals surface area contributed by atoms with Crippen LogP contribution in [-0.4, -0.2) is 14.7 Å². The van der Waals surface area contributed by atoms with Crippen molar-refractivity contribution in [1.29, 1.82) is 0 Å². The van der Waals surface area contributed by atoms with Crippen LogP contribution in [0.1, 0.15) is 28.6 Å². The van der Waals surface area contributed by atoms with Gasteiger partial charge in [0.05, 0.1) is 23.4 Å². The zero-order valence-electron chi connectivity index (χ0n) is 10.7. The van der Waals surface area contributed by atoms with Gasteiger partial charge in [0.2, 0.25) is 0 Å². The maximum atomic E-state index is 11.1. The monoisotopic (exact) mass is 323 g/mol. The maximum absolute atomic E-state index is 11.1. The quantitative estimate of drug-likeness (QED) is 0.492. The van der Waals surface area contributed by atoms with Crippen molar-refractivity contribution in [3.8, 4) is 0 Å². The lowest BCUT2D eigenvalue weighted by Crippen LogP contribution is -2.02. The first kappa shape index (κ1) is 13.7. The van der Waals surface area contributed by atoms with Gasteiger partial charge in [0.25, 0.3) is 0 Å².